The highest BCUT2D eigenvalue weighted by atomic mass is 16.4. The Morgan fingerprint density at radius 2 is 1.27 bits per heavy atom. The molecule has 4 unspecified atom stereocenters. The summed E-state index contributed by atoms with van der Waals surface area (Å²) in [6, 6.07) is -5.70. The molecule has 0 aliphatic heterocycles. The number of carbonyl (C=O) groups excluding carboxylic acids is 4. The zero-order valence-corrected chi connectivity index (χ0v) is 20.4. The standard InChI is InChI=1S/C20H37N9O8/c21-6-2-1-4-12(19(36)37)28-17(34)11(5-3-7-26-20(24)25)27-18(35)13(9-15(31)32)29-16(33)10(22)8-14(23)30/h10-13H,1-9,21-22H2,(H2,23,30)(H,27,35)(H,28,34)(H,29,33)(H,31,32)(H,36,37)(H4,24,25,26). The van der Waals surface area contributed by atoms with Crippen molar-refractivity contribution >= 4 is 41.5 Å². The maximum atomic E-state index is 12.9. The largest absolute Gasteiger partial charge is 0.481 e. The van der Waals surface area contributed by atoms with Crippen LogP contribution >= 0.6 is 0 Å². The number of amides is 4. The predicted octanol–water partition coefficient (Wildman–Crippen LogP) is -4.61. The first kappa shape index (κ1) is 33.0. The average Bonchev–Trinajstić information content (AvgIpc) is 2.78. The van der Waals surface area contributed by atoms with E-state index in [2.05, 4.69) is 20.9 Å². The van der Waals surface area contributed by atoms with Gasteiger partial charge in [0.25, 0.3) is 0 Å². The molecule has 0 heterocycles. The number of aliphatic imine (C=N–C) groups is 1. The summed E-state index contributed by atoms with van der Waals surface area (Å²) in [6.45, 7) is 0.418. The van der Waals surface area contributed by atoms with E-state index in [-0.39, 0.29) is 31.8 Å². The molecule has 0 fully saturated rings. The number of nitrogens with zero attached hydrogens (tertiary/aromatic N) is 1. The molecule has 4 atom stereocenters. The molecular weight excluding hydrogens is 494 g/mol. The summed E-state index contributed by atoms with van der Waals surface area (Å²) in [5.41, 5.74) is 26.5. The first-order valence-corrected chi connectivity index (χ1v) is 11.4. The minimum absolute atomic E-state index is 0.0571. The lowest BCUT2D eigenvalue weighted by atomic mass is 10.1. The molecule has 15 N–H and O–H groups in total. The van der Waals surface area contributed by atoms with E-state index in [0.29, 0.717) is 19.4 Å². The number of carboxylic acids is 2. The molecule has 4 amide bonds. The summed E-state index contributed by atoms with van der Waals surface area (Å²) >= 11 is 0. The average molecular weight is 532 g/mol. The minimum Gasteiger partial charge on any atom is -0.481 e. The summed E-state index contributed by atoms with van der Waals surface area (Å²) in [4.78, 5) is 75.5. The maximum Gasteiger partial charge on any atom is 0.326 e. The van der Waals surface area contributed by atoms with Gasteiger partial charge in [-0.25, -0.2) is 4.79 Å². The van der Waals surface area contributed by atoms with Gasteiger partial charge in [0.05, 0.1) is 18.9 Å². The smallest absolute Gasteiger partial charge is 0.326 e. The van der Waals surface area contributed by atoms with Gasteiger partial charge in [-0.2, -0.15) is 0 Å². The molecule has 0 aliphatic carbocycles. The van der Waals surface area contributed by atoms with E-state index < -0.39 is 72.6 Å². The SMILES string of the molecule is NCCCCC(NC(=O)C(CCCN=C(N)N)NC(=O)C(CC(=O)O)NC(=O)C(N)CC(N)=O)C(=O)O. The predicted molar refractivity (Wildman–Crippen MR) is 130 cm³/mol. The van der Waals surface area contributed by atoms with Crippen molar-refractivity contribution in [1.82, 2.24) is 16.0 Å². The Bertz CT molecular complexity index is 848. The fourth-order valence-corrected chi connectivity index (χ4v) is 3.04. The Labute approximate surface area is 212 Å². The zero-order chi connectivity index (χ0) is 28.5. The fourth-order valence-electron chi connectivity index (χ4n) is 3.04. The highest BCUT2D eigenvalue weighted by molar-refractivity contribution is 5.96. The molecule has 0 aliphatic rings. The number of nitrogens with one attached hydrogen (secondary N) is 3. The van der Waals surface area contributed by atoms with Crippen LogP contribution in [0.4, 0.5) is 0 Å². The topological polar surface area (TPSA) is 321 Å². The summed E-state index contributed by atoms with van der Waals surface area (Å²) in [5.74, 6) is -6.77. The molecule has 0 aromatic heterocycles. The molecule has 17 nitrogen and oxygen atoms in total. The normalized spacial score (nSPS) is 13.8. The lowest BCUT2D eigenvalue weighted by Gasteiger charge is -2.24. The summed E-state index contributed by atoms with van der Waals surface area (Å²) in [6.07, 6.45) is -0.258. The van der Waals surface area contributed by atoms with Crippen LogP contribution in [0.2, 0.25) is 0 Å². The zero-order valence-electron chi connectivity index (χ0n) is 20.4. The second-order valence-corrected chi connectivity index (χ2v) is 8.13. The number of carboxylic acid groups (broad SMARTS) is 2. The lowest BCUT2D eigenvalue weighted by Crippen LogP contribution is -2.57. The lowest BCUT2D eigenvalue weighted by molar-refractivity contribution is -0.143. The van der Waals surface area contributed by atoms with E-state index in [1.807, 2.05) is 0 Å². The van der Waals surface area contributed by atoms with Crippen LogP contribution in [-0.4, -0.2) is 89.0 Å². The molecule has 0 spiro atoms. The monoisotopic (exact) mass is 531 g/mol. The quantitative estimate of drug-likeness (QED) is 0.0427. The minimum atomic E-state index is -1.67. The fraction of sp³-hybridized carbons (Fsp3) is 0.650. The number of hydrogen-bond acceptors (Lipinski definition) is 9. The summed E-state index contributed by atoms with van der Waals surface area (Å²) < 4.78 is 0. The van der Waals surface area contributed by atoms with Crippen molar-refractivity contribution in [3.05, 3.63) is 0 Å². The van der Waals surface area contributed by atoms with Gasteiger partial charge < -0.3 is 54.8 Å². The number of carbonyl (C=O) groups is 6. The number of primary amides is 1. The second kappa shape index (κ2) is 17.4. The number of rotatable bonds is 19. The Balaban J connectivity index is 5.64. The van der Waals surface area contributed by atoms with Gasteiger partial charge in [-0.3, -0.25) is 29.0 Å². The Hall–Kier alpha value is -3.99. The molecule has 210 valence electrons. The highest BCUT2D eigenvalue weighted by Crippen LogP contribution is 2.06. The van der Waals surface area contributed by atoms with E-state index in [4.69, 9.17) is 33.8 Å². The van der Waals surface area contributed by atoms with Gasteiger partial charge in [-0.05, 0) is 38.6 Å². The van der Waals surface area contributed by atoms with Crippen molar-refractivity contribution in [3.63, 3.8) is 0 Å². The first-order chi connectivity index (χ1) is 17.3. The van der Waals surface area contributed by atoms with E-state index >= 15 is 0 Å². The van der Waals surface area contributed by atoms with Crippen molar-refractivity contribution in [1.29, 1.82) is 0 Å². The van der Waals surface area contributed by atoms with Crippen LogP contribution in [-0.2, 0) is 28.8 Å². The molecule has 0 rings (SSSR count). The summed E-state index contributed by atoms with van der Waals surface area (Å²) in [7, 11) is 0. The number of hydrogen-bond donors (Lipinski definition) is 10. The molecule has 0 bridgehead atoms. The van der Waals surface area contributed by atoms with Crippen molar-refractivity contribution in [2.45, 2.75) is 69.1 Å². The van der Waals surface area contributed by atoms with Crippen LogP contribution < -0.4 is 44.6 Å². The Morgan fingerprint density at radius 3 is 1.78 bits per heavy atom. The van der Waals surface area contributed by atoms with Gasteiger partial charge in [0.15, 0.2) is 5.96 Å². The molecule has 17 heteroatoms. The van der Waals surface area contributed by atoms with E-state index in [0.717, 1.165) is 0 Å². The van der Waals surface area contributed by atoms with Crippen molar-refractivity contribution < 1.29 is 39.0 Å². The molecular formula is C20H37N9O8. The Kier molecular flexibility index (Phi) is 15.6. The molecule has 0 aromatic carbocycles. The van der Waals surface area contributed by atoms with Crippen LogP contribution in [0, 0.1) is 0 Å². The second-order valence-electron chi connectivity index (χ2n) is 8.13. The van der Waals surface area contributed by atoms with Crippen LogP contribution in [0.25, 0.3) is 0 Å². The van der Waals surface area contributed by atoms with Gasteiger partial charge in [0, 0.05) is 6.54 Å². The van der Waals surface area contributed by atoms with Gasteiger partial charge in [-0.1, -0.05) is 0 Å². The van der Waals surface area contributed by atoms with Gasteiger partial charge >= 0.3 is 11.9 Å². The van der Waals surface area contributed by atoms with Gasteiger partial charge in [-0.15, -0.1) is 0 Å². The van der Waals surface area contributed by atoms with Gasteiger partial charge in [0.1, 0.15) is 18.1 Å². The molecule has 0 radical (unpaired) electrons. The maximum absolute atomic E-state index is 12.9. The van der Waals surface area contributed by atoms with E-state index in [1.165, 1.54) is 0 Å². The number of guanidine groups is 1. The number of unbranched alkanes of at least 4 members (excludes halogenated alkanes) is 1. The van der Waals surface area contributed by atoms with Crippen molar-refractivity contribution in [3.8, 4) is 0 Å². The van der Waals surface area contributed by atoms with Crippen LogP contribution in [0.5, 0.6) is 0 Å². The third kappa shape index (κ3) is 14.9. The highest BCUT2D eigenvalue weighted by Gasteiger charge is 2.31. The third-order valence-electron chi connectivity index (χ3n) is 4.91. The molecule has 0 saturated heterocycles. The van der Waals surface area contributed by atoms with E-state index in [9.17, 15) is 33.9 Å². The van der Waals surface area contributed by atoms with Crippen LogP contribution in [0.3, 0.4) is 0 Å². The number of aliphatic carboxylic acids is 2. The molecule has 0 saturated carbocycles. The number of nitrogens with two attached hydrogens (primary N) is 5. The third-order valence-corrected chi connectivity index (χ3v) is 4.91. The van der Waals surface area contributed by atoms with Gasteiger partial charge in [0.2, 0.25) is 23.6 Å². The molecule has 0 aromatic rings. The van der Waals surface area contributed by atoms with Crippen LogP contribution in [0.15, 0.2) is 4.99 Å². The Morgan fingerprint density at radius 1 is 0.730 bits per heavy atom. The van der Waals surface area contributed by atoms with Crippen LogP contribution in [0.1, 0.15) is 44.9 Å². The van der Waals surface area contributed by atoms with E-state index in [1.54, 1.807) is 0 Å². The van der Waals surface area contributed by atoms with Crippen molar-refractivity contribution in [2.75, 3.05) is 13.1 Å². The molecule has 37 heavy (non-hydrogen) atoms. The first-order valence-electron chi connectivity index (χ1n) is 11.4. The van der Waals surface area contributed by atoms with Crippen molar-refractivity contribution in [2.24, 2.45) is 33.7 Å². The summed E-state index contributed by atoms with van der Waals surface area (Å²) in [5, 5.41) is 25.4.